The van der Waals surface area contributed by atoms with Gasteiger partial charge in [0.05, 0.1) is 5.56 Å². The summed E-state index contributed by atoms with van der Waals surface area (Å²) in [5, 5.41) is 4.40. The summed E-state index contributed by atoms with van der Waals surface area (Å²) < 4.78 is 29.6. The number of halogens is 2. The highest BCUT2D eigenvalue weighted by Gasteiger charge is 2.31. The lowest BCUT2D eigenvalue weighted by Crippen LogP contribution is -2.01. The Morgan fingerprint density at radius 1 is 1.21 bits per heavy atom. The standard InChI is InChI=1S/C15H16F2N2/c1-9(2)19-8-11(10-6-7-10)15(18-19)14-12(16)4-3-5-13(14)17/h3-5,8-10H,6-7H2,1-2H3. The minimum absolute atomic E-state index is 0.00352. The molecule has 3 rings (SSSR count). The van der Waals surface area contributed by atoms with Gasteiger partial charge in [-0.05, 0) is 44.7 Å². The van der Waals surface area contributed by atoms with Gasteiger partial charge in [-0.2, -0.15) is 5.10 Å². The van der Waals surface area contributed by atoms with Crippen LogP contribution in [0.1, 0.15) is 44.2 Å². The van der Waals surface area contributed by atoms with E-state index in [4.69, 9.17) is 0 Å². The van der Waals surface area contributed by atoms with Gasteiger partial charge < -0.3 is 0 Å². The SMILES string of the molecule is CC(C)n1cc(C2CC2)c(-c2c(F)cccc2F)n1. The Kier molecular flexibility index (Phi) is 2.88. The fourth-order valence-electron chi connectivity index (χ4n) is 2.28. The molecule has 2 nitrogen and oxygen atoms in total. The first-order valence-electron chi connectivity index (χ1n) is 6.61. The molecule has 1 aliphatic rings. The Morgan fingerprint density at radius 3 is 2.37 bits per heavy atom. The quantitative estimate of drug-likeness (QED) is 0.807. The summed E-state index contributed by atoms with van der Waals surface area (Å²) in [5.74, 6) is -0.687. The van der Waals surface area contributed by atoms with E-state index in [0.717, 1.165) is 18.4 Å². The average Bonchev–Trinajstić information content (AvgIpc) is 3.10. The van der Waals surface area contributed by atoms with Crippen molar-refractivity contribution >= 4 is 0 Å². The molecule has 1 heterocycles. The Morgan fingerprint density at radius 2 is 1.84 bits per heavy atom. The first-order valence-corrected chi connectivity index (χ1v) is 6.61. The number of nitrogens with zero attached hydrogens (tertiary/aromatic N) is 2. The first kappa shape index (κ1) is 12.3. The fraction of sp³-hybridized carbons (Fsp3) is 0.400. The van der Waals surface area contributed by atoms with Gasteiger partial charge in [0.15, 0.2) is 0 Å². The van der Waals surface area contributed by atoms with Crippen LogP contribution in [0.3, 0.4) is 0 Å². The van der Waals surface area contributed by atoms with Crippen LogP contribution in [-0.4, -0.2) is 9.78 Å². The van der Waals surface area contributed by atoms with Crippen LogP contribution in [0.15, 0.2) is 24.4 Å². The molecular weight excluding hydrogens is 246 g/mol. The van der Waals surface area contributed by atoms with Crippen molar-refractivity contribution in [3.05, 3.63) is 41.6 Å². The Hall–Kier alpha value is -1.71. The summed E-state index contributed by atoms with van der Waals surface area (Å²) in [4.78, 5) is 0. The molecule has 100 valence electrons. The molecule has 0 atom stereocenters. The highest BCUT2D eigenvalue weighted by molar-refractivity contribution is 5.65. The topological polar surface area (TPSA) is 17.8 Å². The molecule has 1 aromatic carbocycles. The highest BCUT2D eigenvalue weighted by atomic mass is 19.1. The van der Waals surface area contributed by atoms with Crippen LogP contribution in [0, 0.1) is 11.6 Å². The third-order valence-electron chi connectivity index (χ3n) is 3.51. The van der Waals surface area contributed by atoms with Crippen molar-refractivity contribution in [2.45, 2.75) is 38.6 Å². The monoisotopic (exact) mass is 262 g/mol. The van der Waals surface area contributed by atoms with E-state index in [9.17, 15) is 8.78 Å². The lowest BCUT2D eigenvalue weighted by molar-refractivity contribution is 0.531. The molecular formula is C15H16F2N2. The normalized spacial score (nSPS) is 15.2. The van der Waals surface area contributed by atoms with Crippen molar-refractivity contribution in [2.75, 3.05) is 0 Å². The predicted octanol–water partition coefficient (Wildman–Crippen LogP) is 4.29. The second-order valence-electron chi connectivity index (χ2n) is 5.38. The van der Waals surface area contributed by atoms with E-state index in [1.165, 1.54) is 18.2 Å². The second kappa shape index (κ2) is 4.44. The van der Waals surface area contributed by atoms with Gasteiger partial charge in [0.1, 0.15) is 17.3 Å². The summed E-state index contributed by atoms with van der Waals surface area (Å²) in [6.45, 7) is 4.01. The van der Waals surface area contributed by atoms with E-state index < -0.39 is 11.6 Å². The van der Waals surface area contributed by atoms with Crippen molar-refractivity contribution < 1.29 is 8.78 Å². The van der Waals surface area contributed by atoms with Gasteiger partial charge >= 0.3 is 0 Å². The molecule has 2 aromatic rings. The fourth-order valence-corrected chi connectivity index (χ4v) is 2.28. The number of rotatable bonds is 3. The van der Waals surface area contributed by atoms with Crippen LogP contribution < -0.4 is 0 Å². The molecule has 1 fully saturated rings. The van der Waals surface area contributed by atoms with Gasteiger partial charge in [-0.25, -0.2) is 8.78 Å². The van der Waals surface area contributed by atoms with Gasteiger partial charge in [0, 0.05) is 17.8 Å². The van der Waals surface area contributed by atoms with Crippen LogP contribution in [-0.2, 0) is 0 Å². The minimum Gasteiger partial charge on any atom is -0.269 e. The van der Waals surface area contributed by atoms with E-state index in [1.54, 1.807) is 4.68 Å². The minimum atomic E-state index is -0.545. The maximum Gasteiger partial charge on any atom is 0.135 e. The highest BCUT2D eigenvalue weighted by Crippen LogP contribution is 2.45. The largest absolute Gasteiger partial charge is 0.269 e. The van der Waals surface area contributed by atoms with Gasteiger partial charge in [-0.15, -0.1) is 0 Å². The summed E-state index contributed by atoms with van der Waals surface area (Å²) in [6.07, 6.45) is 4.09. The van der Waals surface area contributed by atoms with Gasteiger partial charge in [0.25, 0.3) is 0 Å². The van der Waals surface area contributed by atoms with E-state index in [2.05, 4.69) is 5.10 Å². The molecule has 0 N–H and O–H groups in total. The molecule has 0 unspecified atom stereocenters. The molecule has 0 aliphatic heterocycles. The lowest BCUT2D eigenvalue weighted by atomic mass is 10.0. The Labute approximate surface area is 111 Å². The van der Waals surface area contributed by atoms with Gasteiger partial charge in [0.2, 0.25) is 0 Å². The Bertz CT molecular complexity index is 592. The predicted molar refractivity (Wildman–Crippen MR) is 69.9 cm³/mol. The molecule has 0 amide bonds. The third-order valence-corrected chi connectivity index (χ3v) is 3.51. The first-order chi connectivity index (χ1) is 9.08. The summed E-state index contributed by atoms with van der Waals surface area (Å²) in [7, 11) is 0. The molecule has 1 aromatic heterocycles. The van der Waals surface area contributed by atoms with E-state index in [-0.39, 0.29) is 11.6 Å². The van der Waals surface area contributed by atoms with Crippen LogP contribution in [0.4, 0.5) is 8.78 Å². The molecule has 0 spiro atoms. The van der Waals surface area contributed by atoms with E-state index in [0.29, 0.717) is 11.6 Å². The van der Waals surface area contributed by atoms with E-state index in [1.807, 2.05) is 20.0 Å². The summed E-state index contributed by atoms with van der Waals surface area (Å²) in [5.41, 5.74) is 1.44. The molecule has 0 saturated heterocycles. The van der Waals surface area contributed by atoms with Crippen molar-refractivity contribution in [3.8, 4) is 11.3 Å². The zero-order valence-electron chi connectivity index (χ0n) is 11.0. The summed E-state index contributed by atoms with van der Waals surface area (Å²) in [6, 6.07) is 4.12. The molecule has 1 saturated carbocycles. The molecule has 19 heavy (non-hydrogen) atoms. The lowest BCUT2D eigenvalue weighted by Gasteiger charge is -2.05. The van der Waals surface area contributed by atoms with E-state index >= 15 is 0 Å². The zero-order valence-corrected chi connectivity index (χ0v) is 11.0. The van der Waals surface area contributed by atoms with Crippen LogP contribution in [0.2, 0.25) is 0 Å². The smallest absolute Gasteiger partial charge is 0.135 e. The average molecular weight is 262 g/mol. The van der Waals surface area contributed by atoms with Crippen molar-refractivity contribution in [3.63, 3.8) is 0 Å². The van der Waals surface area contributed by atoms with Crippen molar-refractivity contribution in [1.82, 2.24) is 9.78 Å². The number of benzene rings is 1. The number of hydrogen-bond acceptors (Lipinski definition) is 1. The van der Waals surface area contributed by atoms with Crippen molar-refractivity contribution in [1.29, 1.82) is 0 Å². The summed E-state index contributed by atoms with van der Waals surface area (Å²) >= 11 is 0. The van der Waals surface area contributed by atoms with Crippen LogP contribution in [0.5, 0.6) is 0 Å². The van der Waals surface area contributed by atoms with Gasteiger partial charge in [-0.3, -0.25) is 4.68 Å². The number of aromatic nitrogens is 2. The molecule has 1 aliphatic carbocycles. The number of hydrogen-bond donors (Lipinski definition) is 0. The van der Waals surface area contributed by atoms with Gasteiger partial charge in [-0.1, -0.05) is 6.07 Å². The maximum atomic E-state index is 13.9. The van der Waals surface area contributed by atoms with Crippen LogP contribution >= 0.6 is 0 Å². The maximum absolute atomic E-state index is 13.9. The Balaban J connectivity index is 2.18. The third kappa shape index (κ3) is 2.15. The van der Waals surface area contributed by atoms with Crippen LogP contribution in [0.25, 0.3) is 11.3 Å². The second-order valence-corrected chi connectivity index (χ2v) is 5.38. The molecule has 4 heteroatoms. The molecule has 0 bridgehead atoms. The zero-order chi connectivity index (χ0) is 13.6. The molecule has 0 radical (unpaired) electrons. The van der Waals surface area contributed by atoms with Crippen molar-refractivity contribution in [2.24, 2.45) is 0 Å².